The number of hydrogen-bond acceptors (Lipinski definition) is 8. The number of hydrogen-bond donors (Lipinski definition) is 4. The minimum atomic E-state index is -2.97. The molecule has 4 N–H and O–H groups in total. The van der Waals surface area contributed by atoms with E-state index in [0.717, 1.165) is 52.1 Å². The Morgan fingerprint density at radius 2 is 1.49 bits per heavy atom. The summed E-state index contributed by atoms with van der Waals surface area (Å²) >= 11 is 0. The average molecular weight is 662 g/mol. The molecule has 0 aliphatic rings. The monoisotopic (exact) mass is 661 g/mol. The molecule has 0 heterocycles. The summed E-state index contributed by atoms with van der Waals surface area (Å²) in [5.41, 5.74) is -2.32. The van der Waals surface area contributed by atoms with Crippen LogP contribution >= 0.6 is 0 Å². The van der Waals surface area contributed by atoms with Crippen molar-refractivity contribution >= 4 is 29.6 Å². The molecular formula is C36H55NO10. The number of unbranched alkanes of at least 4 members (excludes halogenated alkanes) is 8. The van der Waals surface area contributed by atoms with Gasteiger partial charge in [-0.1, -0.05) is 76.7 Å². The van der Waals surface area contributed by atoms with Gasteiger partial charge in [0.25, 0.3) is 0 Å². The van der Waals surface area contributed by atoms with Crippen molar-refractivity contribution in [1.29, 1.82) is 0 Å². The van der Waals surface area contributed by atoms with Crippen LogP contribution in [-0.4, -0.2) is 69.8 Å². The minimum Gasteiger partial charge on any atom is -0.491 e. The normalized spacial score (nSPS) is 14.5. The maximum absolute atomic E-state index is 13.5. The van der Waals surface area contributed by atoms with Gasteiger partial charge in [-0.25, -0.2) is 9.59 Å². The number of carboxylic acid groups (broad SMARTS) is 2. The third kappa shape index (κ3) is 16.1. The van der Waals surface area contributed by atoms with Crippen LogP contribution in [0.25, 0.3) is 0 Å². The second-order valence-electron chi connectivity index (χ2n) is 12.1. The smallest absolute Gasteiger partial charge is 0.337 e. The molecule has 1 aromatic carbocycles. The number of carboxylic acids is 2. The number of carbonyl (C=O) groups is 5. The molecule has 47 heavy (non-hydrogen) atoms. The first kappa shape index (κ1) is 41.3. The molecule has 4 atom stereocenters. The van der Waals surface area contributed by atoms with Crippen molar-refractivity contribution in [3.63, 3.8) is 0 Å². The van der Waals surface area contributed by atoms with Gasteiger partial charge in [0.15, 0.2) is 5.60 Å². The first-order valence-corrected chi connectivity index (χ1v) is 16.9. The number of allylic oxidation sites excluding steroid dienone is 1. The molecule has 1 aromatic rings. The highest BCUT2D eigenvalue weighted by molar-refractivity contribution is 5.94. The van der Waals surface area contributed by atoms with Crippen LogP contribution in [0.3, 0.4) is 0 Å². The van der Waals surface area contributed by atoms with Crippen molar-refractivity contribution in [3.05, 3.63) is 42.0 Å². The topological polar surface area (TPSA) is 177 Å². The minimum absolute atomic E-state index is 0.00967. The van der Waals surface area contributed by atoms with E-state index in [1.165, 1.54) is 25.0 Å². The second kappa shape index (κ2) is 22.7. The number of ketones is 1. The fourth-order valence-corrected chi connectivity index (χ4v) is 5.09. The van der Waals surface area contributed by atoms with Crippen molar-refractivity contribution in [2.45, 2.75) is 135 Å². The van der Waals surface area contributed by atoms with E-state index in [0.29, 0.717) is 37.0 Å². The lowest BCUT2D eigenvalue weighted by molar-refractivity contribution is -0.172. The summed E-state index contributed by atoms with van der Waals surface area (Å²) in [6.45, 7) is 6.09. The van der Waals surface area contributed by atoms with Gasteiger partial charge in [0, 0.05) is 19.3 Å². The van der Waals surface area contributed by atoms with E-state index < -0.39 is 47.8 Å². The molecule has 0 radical (unpaired) electrons. The van der Waals surface area contributed by atoms with E-state index in [2.05, 4.69) is 12.2 Å². The Morgan fingerprint density at radius 1 is 0.894 bits per heavy atom. The molecule has 264 valence electrons. The Labute approximate surface area is 279 Å². The molecule has 1 amide bonds. The number of methoxy groups -OCH3 is 1. The molecule has 0 aromatic heterocycles. The zero-order valence-electron chi connectivity index (χ0n) is 28.5. The largest absolute Gasteiger partial charge is 0.491 e. The van der Waals surface area contributed by atoms with E-state index in [1.807, 2.05) is 13.8 Å². The maximum Gasteiger partial charge on any atom is 0.337 e. The van der Waals surface area contributed by atoms with E-state index in [1.54, 1.807) is 24.3 Å². The number of aliphatic carboxylic acids is 2. The molecule has 0 saturated heterocycles. The molecule has 0 aliphatic heterocycles. The highest BCUT2D eigenvalue weighted by Gasteiger charge is 2.49. The predicted octanol–water partition coefficient (Wildman–Crippen LogP) is 5.80. The number of benzene rings is 1. The van der Waals surface area contributed by atoms with Crippen LogP contribution in [0.1, 0.15) is 116 Å². The summed E-state index contributed by atoms with van der Waals surface area (Å²) in [7, 11) is 1.14. The first-order chi connectivity index (χ1) is 22.4. The summed E-state index contributed by atoms with van der Waals surface area (Å²) < 4.78 is 10.6. The van der Waals surface area contributed by atoms with Crippen molar-refractivity contribution in [1.82, 2.24) is 5.32 Å². The summed E-state index contributed by atoms with van der Waals surface area (Å²) in [4.78, 5) is 61.8. The number of nitrogens with one attached hydrogen (secondary N) is 1. The Balaban J connectivity index is 2.89. The van der Waals surface area contributed by atoms with Gasteiger partial charge in [0.05, 0.1) is 25.6 Å². The summed E-state index contributed by atoms with van der Waals surface area (Å²) in [5, 5.41) is 32.6. The lowest BCUT2D eigenvalue weighted by Gasteiger charge is -2.29. The molecule has 0 bridgehead atoms. The zero-order chi connectivity index (χ0) is 35.2. The van der Waals surface area contributed by atoms with Gasteiger partial charge < -0.3 is 30.1 Å². The third-order valence-electron chi connectivity index (χ3n) is 8.13. The highest BCUT2D eigenvalue weighted by atomic mass is 16.5. The van der Waals surface area contributed by atoms with Crippen LogP contribution in [-0.2, 0) is 35.1 Å². The second-order valence-corrected chi connectivity index (χ2v) is 12.1. The summed E-state index contributed by atoms with van der Waals surface area (Å²) in [5.74, 6) is -6.23. The Bertz CT molecular complexity index is 1150. The fourth-order valence-electron chi connectivity index (χ4n) is 5.09. The summed E-state index contributed by atoms with van der Waals surface area (Å²) in [6.07, 6.45) is 12.5. The van der Waals surface area contributed by atoms with Crippen molar-refractivity contribution in [3.8, 4) is 5.75 Å². The van der Waals surface area contributed by atoms with Gasteiger partial charge in [-0.15, -0.1) is 0 Å². The van der Waals surface area contributed by atoms with E-state index in [4.69, 9.17) is 9.47 Å². The van der Waals surface area contributed by atoms with E-state index >= 15 is 0 Å². The molecule has 11 heteroatoms. The van der Waals surface area contributed by atoms with Crippen molar-refractivity contribution in [2.75, 3.05) is 7.11 Å². The van der Waals surface area contributed by atoms with Gasteiger partial charge in [0.1, 0.15) is 17.6 Å². The van der Waals surface area contributed by atoms with Crippen LogP contribution < -0.4 is 10.1 Å². The van der Waals surface area contributed by atoms with Crippen LogP contribution in [0, 0.1) is 5.92 Å². The Hall–Kier alpha value is -3.73. The predicted molar refractivity (Wildman–Crippen MR) is 178 cm³/mol. The van der Waals surface area contributed by atoms with Gasteiger partial charge in [-0.05, 0) is 56.7 Å². The van der Waals surface area contributed by atoms with Crippen LogP contribution in [0.2, 0.25) is 0 Å². The van der Waals surface area contributed by atoms with Crippen LogP contribution in [0.4, 0.5) is 0 Å². The standard InChI is InChI=1S/C36H55NO10/c1-5-7-8-11-14-17-28(38)18-15-12-9-10-13-16-19-30(36(45,35(43)44)25-32(39)40)33(41)37-31(34(42)46-4)24-27-20-22-29(23-21-27)47-26(3)6-2/h16,19-23,26,30-31,45H,5-15,17-18,24-25H2,1-4H3,(H,37,41)(H,39,40)(H,43,44)/b19-16+/t26-,30?,31-,36-/m0/s1. The number of aliphatic hydroxyl groups is 1. The van der Waals surface area contributed by atoms with Gasteiger partial charge >= 0.3 is 17.9 Å². The number of rotatable bonds is 26. The molecule has 0 fully saturated rings. The van der Waals surface area contributed by atoms with E-state index in [-0.39, 0.29) is 18.3 Å². The molecular weight excluding hydrogens is 606 g/mol. The maximum atomic E-state index is 13.5. The molecule has 1 unspecified atom stereocenters. The van der Waals surface area contributed by atoms with Crippen LogP contribution in [0.5, 0.6) is 5.75 Å². The quantitative estimate of drug-likeness (QED) is 0.0539. The Kier molecular flexibility index (Phi) is 20.0. The number of Topliss-reactive ketones (excluding diaryl/α,β-unsaturated/α-hetero) is 1. The molecule has 0 spiro atoms. The lowest BCUT2D eigenvalue weighted by atomic mass is 9.82. The Morgan fingerprint density at radius 3 is 2.02 bits per heavy atom. The lowest BCUT2D eigenvalue weighted by Crippen LogP contribution is -2.55. The molecule has 11 nitrogen and oxygen atoms in total. The van der Waals surface area contributed by atoms with Crippen LogP contribution in [0.15, 0.2) is 36.4 Å². The SMILES string of the molecule is CCCCCCCC(=O)CCCCCC/C=C/C(C(=O)N[C@@H](Cc1ccc(O[C@@H](C)CC)cc1)C(=O)OC)[C@@](O)(CC(=O)O)C(=O)O. The number of ether oxygens (including phenoxy) is 2. The average Bonchev–Trinajstić information content (AvgIpc) is 3.03. The van der Waals surface area contributed by atoms with Gasteiger partial charge in [-0.2, -0.15) is 0 Å². The number of amides is 1. The summed E-state index contributed by atoms with van der Waals surface area (Å²) in [6, 6.07) is 5.66. The number of esters is 1. The van der Waals surface area contributed by atoms with Gasteiger partial charge in [-0.3, -0.25) is 14.4 Å². The zero-order valence-corrected chi connectivity index (χ0v) is 28.5. The third-order valence-corrected chi connectivity index (χ3v) is 8.13. The fraction of sp³-hybridized carbons (Fsp3) is 0.639. The number of carbonyl (C=O) groups excluding carboxylic acids is 3. The first-order valence-electron chi connectivity index (χ1n) is 16.9. The van der Waals surface area contributed by atoms with Crippen molar-refractivity contribution < 1.29 is 48.8 Å². The molecule has 0 saturated carbocycles. The molecule has 0 aliphatic carbocycles. The van der Waals surface area contributed by atoms with E-state index in [9.17, 15) is 39.3 Å². The molecule has 1 rings (SSSR count). The van der Waals surface area contributed by atoms with Gasteiger partial charge in [0.2, 0.25) is 5.91 Å². The van der Waals surface area contributed by atoms with Crippen molar-refractivity contribution in [2.24, 2.45) is 5.92 Å². The highest BCUT2D eigenvalue weighted by Crippen LogP contribution is 2.26.